The standard InChI is InChI=1S/C15H17F2N5S/c1-4-22-13(8-19-21-18)20-14(9(2)3)15(22)23-12-6-10(16)5-11(17)7-12/h5-7,9H,4,8H2,1-3H3. The summed E-state index contributed by atoms with van der Waals surface area (Å²) in [5, 5.41) is 4.38. The molecule has 122 valence electrons. The van der Waals surface area contributed by atoms with E-state index in [4.69, 9.17) is 5.53 Å². The summed E-state index contributed by atoms with van der Waals surface area (Å²) < 4.78 is 28.7. The minimum absolute atomic E-state index is 0.133. The Morgan fingerprint density at radius 3 is 2.48 bits per heavy atom. The molecule has 0 saturated heterocycles. The quantitative estimate of drug-likeness (QED) is 0.409. The molecule has 1 aromatic carbocycles. The van der Waals surface area contributed by atoms with Gasteiger partial charge in [0, 0.05) is 22.4 Å². The lowest BCUT2D eigenvalue weighted by Gasteiger charge is -2.11. The van der Waals surface area contributed by atoms with Crippen LogP contribution in [0.4, 0.5) is 8.78 Å². The van der Waals surface area contributed by atoms with Gasteiger partial charge in [0.15, 0.2) is 0 Å². The Labute approximate surface area is 137 Å². The Balaban J connectivity index is 2.49. The maximum atomic E-state index is 13.4. The zero-order valence-corrected chi connectivity index (χ0v) is 13.9. The summed E-state index contributed by atoms with van der Waals surface area (Å²) in [7, 11) is 0. The molecular formula is C15H17F2N5S. The number of aromatic nitrogens is 2. The van der Waals surface area contributed by atoms with Gasteiger partial charge in [0.1, 0.15) is 22.5 Å². The van der Waals surface area contributed by atoms with E-state index >= 15 is 0 Å². The lowest BCUT2D eigenvalue weighted by atomic mass is 10.1. The molecule has 0 amide bonds. The van der Waals surface area contributed by atoms with Crippen molar-refractivity contribution in [2.45, 2.75) is 49.7 Å². The van der Waals surface area contributed by atoms with Crippen LogP contribution in [0.5, 0.6) is 0 Å². The van der Waals surface area contributed by atoms with E-state index in [1.54, 1.807) is 0 Å². The van der Waals surface area contributed by atoms with Gasteiger partial charge in [-0.25, -0.2) is 13.8 Å². The number of hydrogen-bond donors (Lipinski definition) is 0. The Morgan fingerprint density at radius 2 is 1.96 bits per heavy atom. The van der Waals surface area contributed by atoms with Crippen LogP contribution in [0.3, 0.4) is 0 Å². The summed E-state index contributed by atoms with van der Waals surface area (Å²) in [4.78, 5) is 7.78. The fourth-order valence-corrected chi connectivity index (χ4v) is 3.52. The number of benzene rings is 1. The summed E-state index contributed by atoms with van der Waals surface area (Å²) in [6.07, 6.45) is 0. The van der Waals surface area contributed by atoms with Crippen molar-refractivity contribution < 1.29 is 8.78 Å². The van der Waals surface area contributed by atoms with E-state index in [0.717, 1.165) is 16.8 Å². The number of imidazole rings is 1. The van der Waals surface area contributed by atoms with E-state index in [-0.39, 0.29) is 12.5 Å². The first-order valence-corrected chi connectivity index (χ1v) is 8.02. The van der Waals surface area contributed by atoms with E-state index in [2.05, 4.69) is 15.0 Å². The first-order valence-electron chi connectivity index (χ1n) is 7.20. The number of azide groups is 1. The lowest BCUT2D eigenvalue weighted by molar-refractivity contribution is 0.577. The fourth-order valence-electron chi connectivity index (χ4n) is 2.23. The fraction of sp³-hybridized carbons (Fsp3) is 0.400. The second kappa shape index (κ2) is 7.48. The molecule has 1 aromatic heterocycles. The van der Waals surface area contributed by atoms with Crippen molar-refractivity contribution in [1.29, 1.82) is 0 Å². The topological polar surface area (TPSA) is 66.6 Å². The molecule has 0 aliphatic carbocycles. The second-order valence-electron chi connectivity index (χ2n) is 5.21. The minimum Gasteiger partial charge on any atom is -0.323 e. The number of rotatable bonds is 6. The SMILES string of the molecule is CCn1c(CN=[N+]=[N-])nc(C(C)C)c1Sc1cc(F)cc(F)c1. The second-order valence-corrected chi connectivity index (χ2v) is 6.28. The highest BCUT2D eigenvalue weighted by Gasteiger charge is 2.19. The van der Waals surface area contributed by atoms with E-state index < -0.39 is 11.6 Å². The van der Waals surface area contributed by atoms with Crippen LogP contribution >= 0.6 is 11.8 Å². The van der Waals surface area contributed by atoms with Gasteiger partial charge < -0.3 is 4.57 Å². The molecular weight excluding hydrogens is 320 g/mol. The minimum atomic E-state index is -0.615. The van der Waals surface area contributed by atoms with Gasteiger partial charge in [-0.3, -0.25) is 0 Å². The molecule has 0 fully saturated rings. The van der Waals surface area contributed by atoms with Crippen LogP contribution in [-0.4, -0.2) is 9.55 Å². The predicted molar refractivity (Wildman–Crippen MR) is 85.3 cm³/mol. The highest BCUT2D eigenvalue weighted by molar-refractivity contribution is 7.99. The molecule has 0 N–H and O–H groups in total. The molecule has 5 nitrogen and oxygen atoms in total. The van der Waals surface area contributed by atoms with Crippen molar-refractivity contribution >= 4 is 11.8 Å². The largest absolute Gasteiger partial charge is 0.323 e. The van der Waals surface area contributed by atoms with Gasteiger partial charge in [0.25, 0.3) is 0 Å². The molecule has 0 saturated carbocycles. The molecule has 0 aliphatic heterocycles. The summed E-state index contributed by atoms with van der Waals surface area (Å²) in [5.74, 6) is -0.451. The Bertz CT molecular complexity index is 730. The van der Waals surface area contributed by atoms with Gasteiger partial charge in [-0.2, -0.15) is 0 Å². The van der Waals surface area contributed by atoms with Crippen molar-refractivity contribution in [3.05, 3.63) is 51.8 Å². The molecule has 8 heteroatoms. The molecule has 0 aliphatic rings. The normalized spacial score (nSPS) is 10.9. The monoisotopic (exact) mass is 337 g/mol. The van der Waals surface area contributed by atoms with E-state index in [0.29, 0.717) is 17.3 Å². The predicted octanol–water partition coefficient (Wildman–Crippen LogP) is 5.27. The van der Waals surface area contributed by atoms with Gasteiger partial charge >= 0.3 is 0 Å². The molecule has 1 heterocycles. The smallest absolute Gasteiger partial charge is 0.127 e. The molecule has 0 bridgehead atoms. The van der Waals surface area contributed by atoms with E-state index in [9.17, 15) is 8.78 Å². The molecule has 0 unspecified atom stereocenters. The van der Waals surface area contributed by atoms with Crippen LogP contribution in [0.1, 0.15) is 38.2 Å². The lowest BCUT2D eigenvalue weighted by Crippen LogP contribution is -2.02. The van der Waals surface area contributed by atoms with Crippen molar-refractivity contribution in [2.75, 3.05) is 0 Å². The average Bonchev–Trinajstić information content (AvgIpc) is 2.81. The van der Waals surface area contributed by atoms with Crippen molar-refractivity contribution in [3.63, 3.8) is 0 Å². The zero-order valence-electron chi connectivity index (χ0n) is 13.1. The third kappa shape index (κ3) is 4.03. The third-order valence-electron chi connectivity index (χ3n) is 3.21. The first kappa shape index (κ1) is 17.3. The average molecular weight is 337 g/mol. The van der Waals surface area contributed by atoms with Crippen molar-refractivity contribution in [1.82, 2.24) is 9.55 Å². The highest BCUT2D eigenvalue weighted by atomic mass is 32.2. The van der Waals surface area contributed by atoms with Gasteiger partial charge in [-0.15, -0.1) is 0 Å². The summed E-state index contributed by atoms with van der Waals surface area (Å²) >= 11 is 1.26. The molecule has 23 heavy (non-hydrogen) atoms. The van der Waals surface area contributed by atoms with Crippen LogP contribution in [0.2, 0.25) is 0 Å². The Morgan fingerprint density at radius 1 is 1.30 bits per heavy atom. The van der Waals surface area contributed by atoms with Gasteiger partial charge in [-0.1, -0.05) is 30.7 Å². The van der Waals surface area contributed by atoms with E-state index in [1.807, 2.05) is 25.3 Å². The van der Waals surface area contributed by atoms with Gasteiger partial charge in [-0.05, 0) is 30.5 Å². The molecule has 0 atom stereocenters. The van der Waals surface area contributed by atoms with Crippen molar-refractivity contribution in [3.8, 4) is 0 Å². The summed E-state index contributed by atoms with van der Waals surface area (Å²) in [6.45, 7) is 6.70. The first-order chi connectivity index (χ1) is 11.0. The van der Waals surface area contributed by atoms with E-state index in [1.165, 1.54) is 23.9 Å². The maximum absolute atomic E-state index is 13.4. The molecule has 2 aromatic rings. The highest BCUT2D eigenvalue weighted by Crippen LogP contribution is 2.35. The zero-order chi connectivity index (χ0) is 17.0. The Kier molecular flexibility index (Phi) is 5.63. The molecule has 0 radical (unpaired) electrons. The molecule has 2 rings (SSSR count). The van der Waals surface area contributed by atoms with Crippen LogP contribution < -0.4 is 0 Å². The summed E-state index contributed by atoms with van der Waals surface area (Å²) in [6, 6.07) is 3.42. The van der Waals surface area contributed by atoms with Crippen LogP contribution in [0.15, 0.2) is 33.2 Å². The van der Waals surface area contributed by atoms with Crippen LogP contribution in [0.25, 0.3) is 10.4 Å². The van der Waals surface area contributed by atoms with Crippen molar-refractivity contribution in [2.24, 2.45) is 5.11 Å². The van der Waals surface area contributed by atoms with Crippen LogP contribution in [-0.2, 0) is 13.1 Å². The number of halogens is 2. The van der Waals surface area contributed by atoms with Gasteiger partial charge in [0.2, 0.25) is 0 Å². The van der Waals surface area contributed by atoms with Crippen LogP contribution in [0, 0.1) is 11.6 Å². The number of hydrogen-bond acceptors (Lipinski definition) is 3. The maximum Gasteiger partial charge on any atom is 0.127 e. The Hall–Kier alpha value is -2.05. The van der Waals surface area contributed by atoms with Gasteiger partial charge in [0.05, 0.1) is 12.2 Å². The third-order valence-corrected chi connectivity index (χ3v) is 4.31. The molecule has 0 spiro atoms. The summed E-state index contributed by atoms with van der Waals surface area (Å²) in [5.41, 5.74) is 9.33. The number of nitrogens with zero attached hydrogens (tertiary/aromatic N) is 5.